The van der Waals surface area contributed by atoms with Crippen LogP contribution < -0.4 is 0 Å². The first kappa shape index (κ1) is 13.8. The van der Waals surface area contributed by atoms with Crippen LogP contribution in [0.2, 0.25) is 0 Å². The van der Waals surface area contributed by atoms with Gasteiger partial charge in [0.15, 0.2) is 0 Å². The zero-order valence-corrected chi connectivity index (χ0v) is 13.5. The Labute approximate surface area is 145 Å². The van der Waals surface area contributed by atoms with Crippen LogP contribution in [0.5, 0.6) is 0 Å². The van der Waals surface area contributed by atoms with Gasteiger partial charge in [-0.15, -0.1) is 0 Å². The van der Waals surface area contributed by atoms with Crippen LogP contribution in [-0.4, -0.2) is 4.98 Å². The van der Waals surface area contributed by atoms with Crippen LogP contribution >= 0.6 is 0 Å². The Morgan fingerprint density at radius 2 is 1.44 bits per heavy atom. The predicted molar refractivity (Wildman–Crippen MR) is 103 cm³/mol. The third kappa shape index (κ3) is 1.96. The Bertz CT molecular complexity index is 1300. The summed E-state index contributed by atoms with van der Waals surface area (Å²) in [5.74, 6) is 0. The fourth-order valence-electron chi connectivity index (χ4n) is 3.73. The second-order valence-corrected chi connectivity index (χ2v) is 6.22. The number of fused-ring (bicyclic) bond motifs is 5. The normalized spacial score (nSPS) is 11.2. The first-order valence-electron chi connectivity index (χ1n) is 8.28. The third-order valence-electron chi connectivity index (χ3n) is 4.84. The Kier molecular flexibility index (Phi) is 2.89. The molecule has 0 radical (unpaired) electrons. The first-order chi connectivity index (χ1) is 12.4. The molecule has 0 bridgehead atoms. The Hall–Kier alpha value is -3.57. The maximum Gasteiger partial charge on any atom is 0.0998 e. The number of nitrogens with one attached hydrogen (secondary N) is 1. The van der Waals surface area contributed by atoms with Crippen molar-refractivity contribution in [1.82, 2.24) is 4.98 Å². The summed E-state index contributed by atoms with van der Waals surface area (Å²) >= 11 is 0. The average molecular weight is 318 g/mol. The molecule has 1 heterocycles. The van der Waals surface area contributed by atoms with Crippen LogP contribution in [0, 0.1) is 11.3 Å². The van der Waals surface area contributed by atoms with Crippen molar-refractivity contribution < 1.29 is 0 Å². The number of para-hydroxylation sites is 1. The van der Waals surface area contributed by atoms with Crippen molar-refractivity contribution in [2.75, 3.05) is 0 Å². The lowest BCUT2D eigenvalue weighted by Crippen LogP contribution is -1.86. The Morgan fingerprint density at radius 1 is 0.720 bits per heavy atom. The highest BCUT2D eigenvalue weighted by Gasteiger charge is 2.15. The summed E-state index contributed by atoms with van der Waals surface area (Å²) in [6.07, 6.45) is 0. The van der Waals surface area contributed by atoms with Gasteiger partial charge in [0.2, 0.25) is 0 Å². The van der Waals surface area contributed by atoms with E-state index in [4.69, 9.17) is 0 Å². The van der Waals surface area contributed by atoms with E-state index in [0.717, 1.165) is 22.2 Å². The van der Waals surface area contributed by atoms with E-state index in [1.165, 1.54) is 21.5 Å². The van der Waals surface area contributed by atoms with Crippen LogP contribution in [0.15, 0.2) is 78.9 Å². The summed E-state index contributed by atoms with van der Waals surface area (Å²) in [5.41, 5.74) is 5.02. The highest BCUT2D eigenvalue weighted by Crippen LogP contribution is 2.39. The zero-order chi connectivity index (χ0) is 16.8. The van der Waals surface area contributed by atoms with Crippen molar-refractivity contribution in [3.05, 3.63) is 84.4 Å². The van der Waals surface area contributed by atoms with E-state index in [0.29, 0.717) is 5.56 Å². The molecule has 5 rings (SSSR count). The first-order valence-corrected chi connectivity index (χ1v) is 8.28. The molecule has 0 saturated heterocycles. The van der Waals surface area contributed by atoms with E-state index in [9.17, 15) is 5.26 Å². The fraction of sp³-hybridized carbons (Fsp3) is 0. The molecule has 4 aromatic carbocycles. The molecule has 0 fully saturated rings. The van der Waals surface area contributed by atoms with E-state index < -0.39 is 0 Å². The molecule has 0 aliphatic carbocycles. The molecule has 5 aromatic rings. The molecule has 0 atom stereocenters. The number of aromatic nitrogens is 1. The SMILES string of the molecule is N#Cc1ccccc1-c1cc2ccccc2c2[nH]c3ccccc3c12. The minimum atomic E-state index is 0.698. The molecule has 1 aromatic heterocycles. The van der Waals surface area contributed by atoms with Crippen LogP contribution in [-0.2, 0) is 0 Å². The van der Waals surface area contributed by atoms with E-state index >= 15 is 0 Å². The number of nitrogens with zero attached hydrogens (tertiary/aromatic N) is 1. The third-order valence-corrected chi connectivity index (χ3v) is 4.84. The van der Waals surface area contributed by atoms with Crippen molar-refractivity contribution >= 4 is 32.6 Å². The highest BCUT2D eigenvalue weighted by molar-refractivity contribution is 6.23. The maximum absolute atomic E-state index is 9.57. The molecule has 0 saturated carbocycles. The smallest absolute Gasteiger partial charge is 0.0998 e. The van der Waals surface area contributed by atoms with Crippen LogP contribution in [0.1, 0.15) is 5.56 Å². The lowest BCUT2D eigenvalue weighted by molar-refractivity contribution is 1.48. The monoisotopic (exact) mass is 318 g/mol. The molecule has 0 aliphatic rings. The summed E-state index contributed by atoms with van der Waals surface area (Å²) < 4.78 is 0. The summed E-state index contributed by atoms with van der Waals surface area (Å²) in [5, 5.41) is 14.3. The van der Waals surface area contributed by atoms with Crippen molar-refractivity contribution in [3.63, 3.8) is 0 Å². The quantitative estimate of drug-likeness (QED) is 0.404. The molecular formula is C23H14N2. The fourth-order valence-corrected chi connectivity index (χ4v) is 3.73. The number of aromatic amines is 1. The minimum absolute atomic E-state index is 0.698. The molecule has 0 aliphatic heterocycles. The number of hydrogen-bond donors (Lipinski definition) is 1. The number of nitriles is 1. The largest absolute Gasteiger partial charge is 0.354 e. The number of benzene rings is 4. The van der Waals surface area contributed by atoms with Crippen LogP contribution in [0.4, 0.5) is 0 Å². The number of rotatable bonds is 1. The molecule has 2 nitrogen and oxygen atoms in total. The van der Waals surface area contributed by atoms with E-state index in [1.54, 1.807) is 0 Å². The summed E-state index contributed by atoms with van der Waals surface area (Å²) in [7, 11) is 0. The zero-order valence-electron chi connectivity index (χ0n) is 13.5. The van der Waals surface area contributed by atoms with Crippen molar-refractivity contribution in [3.8, 4) is 17.2 Å². The second-order valence-electron chi connectivity index (χ2n) is 6.22. The average Bonchev–Trinajstić information content (AvgIpc) is 3.07. The standard InChI is InChI=1S/C23H14N2/c24-14-16-8-2-3-9-17(16)20-13-15-7-1-4-10-18(15)23-22(20)19-11-5-6-12-21(19)25-23/h1-13,25H. The van der Waals surface area contributed by atoms with E-state index in [2.05, 4.69) is 59.6 Å². The van der Waals surface area contributed by atoms with Gasteiger partial charge in [-0.1, -0.05) is 60.7 Å². The minimum Gasteiger partial charge on any atom is -0.354 e. The topological polar surface area (TPSA) is 39.6 Å². The molecule has 0 amide bonds. The van der Waals surface area contributed by atoms with Gasteiger partial charge in [0.1, 0.15) is 0 Å². The second kappa shape index (κ2) is 5.22. The predicted octanol–water partition coefficient (Wildman–Crippen LogP) is 6.01. The Morgan fingerprint density at radius 3 is 2.32 bits per heavy atom. The van der Waals surface area contributed by atoms with Crippen LogP contribution in [0.25, 0.3) is 43.7 Å². The van der Waals surface area contributed by atoms with Gasteiger partial charge in [-0.3, -0.25) is 0 Å². The van der Waals surface area contributed by atoms with Crippen molar-refractivity contribution in [1.29, 1.82) is 5.26 Å². The van der Waals surface area contributed by atoms with Gasteiger partial charge < -0.3 is 4.98 Å². The lowest BCUT2D eigenvalue weighted by Gasteiger charge is -2.10. The number of H-pyrrole nitrogens is 1. The van der Waals surface area contributed by atoms with Gasteiger partial charge in [0, 0.05) is 27.2 Å². The molecule has 1 N–H and O–H groups in total. The van der Waals surface area contributed by atoms with Crippen LogP contribution in [0.3, 0.4) is 0 Å². The van der Waals surface area contributed by atoms with E-state index in [1.807, 2.05) is 30.3 Å². The summed E-state index contributed by atoms with van der Waals surface area (Å²) in [6.45, 7) is 0. The number of hydrogen-bond acceptors (Lipinski definition) is 1. The van der Waals surface area contributed by atoms with Gasteiger partial charge in [-0.2, -0.15) is 5.26 Å². The van der Waals surface area contributed by atoms with Gasteiger partial charge in [-0.25, -0.2) is 0 Å². The van der Waals surface area contributed by atoms with Gasteiger partial charge in [0.05, 0.1) is 17.1 Å². The van der Waals surface area contributed by atoms with Gasteiger partial charge >= 0.3 is 0 Å². The van der Waals surface area contributed by atoms with Gasteiger partial charge in [-0.05, 0) is 29.1 Å². The maximum atomic E-state index is 9.57. The molecule has 25 heavy (non-hydrogen) atoms. The molecule has 0 spiro atoms. The van der Waals surface area contributed by atoms with E-state index in [-0.39, 0.29) is 0 Å². The van der Waals surface area contributed by atoms with Crippen molar-refractivity contribution in [2.45, 2.75) is 0 Å². The van der Waals surface area contributed by atoms with Crippen molar-refractivity contribution in [2.24, 2.45) is 0 Å². The molecule has 116 valence electrons. The molecule has 2 heteroatoms. The molecule has 0 unspecified atom stereocenters. The highest BCUT2D eigenvalue weighted by atomic mass is 14.7. The summed E-state index contributed by atoms with van der Waals surface area (Å²) in [6, 6.07) is 29.1. The lowest BCUT2D eigenvalue weighted by atomic mass is 9.93. The summed E-state index contributed by atoms with van der Waals surface area (Å²) in [4.78, 5) is 3.59. The Balaban J connectivity index is 2.06. The molecular weight excluding hydrogens is 304 g/mol. The van der Waals surface area contributed by atoms with Gasteiger partial charge in [0.25, 0.3) is 0 Å².